The van der Waals surface area contributed by atoms with Crippen molar-refractivity contribution >= 4 is 23.4 Å². The Morgan fingerprint density at radius 3 is 2.33 bits per heavy atom. The van der Waals surface area contributed by atoms with E-state index in [1.807, 2.05) is 49.1 Å². The van der Waals surface area contributed by atoms with E-state index in [9.17, 15) is 9.59 Å². The Morgan fingerprint density at radius 2 is 1.70 bits per heavy atom. The molecule has 2 aromatic carbocycles. The van der Waals surface area contributed by atoms with Gasteiger partial charge < -0.3 is 15.0 Å². The largest absolute Gasteiger partial charge is 0.493 e. The number of piperidine rings is 1. The minimum atomic E-state index is -0.578. The van der Waals surface area contributed by atoms with Gasteiger partial charge in [0, 0.05) is 13.1 Å². The molecule has 1 atom stereocenters. The van der Waals surface area contributed by atoms with Gasteiger partial charge in [-0.25, -0.2) is 0 Å². The second kappa shape index (κ2) is 10.5. The predicted octanol–water partition coefficient (Wildman–Crippen LogP) is 4.41. The molecule has 1 aliphatic heterocycles. The van der Waals surface area contributed by atoms with Crippen molar-refractivity contribution in [2.75, 3.05) is 19.7 Å². The fourth-order valence-electron chi connectivity index (χ4n) is 3.63. The Labute approximate surface area is 183 Å². The Hall–Kier alpha value is -2.53. The number of hydrogen-bond acceptors (Lipinski definition) is 3. The molecule has 0 spiro atoms. The van der Waals surface area contributed by atoms with E-state index in [0.717, 1.165) is 18.6 Å². The summed E-state index contributed by atoms with van der Waals surface area (Å²) in [7, 11) is 0. The third-order valence-electron chi connectivity index (χ3n) is 5.49. The third-order valence-corrected chi connectivity index (χ3v) is 5.82. The van der Waals surface area contributed by atoms with Crippen LogP contribution in [0.5, 0.6) is 5.75 Å². The van der Waals surface area contributed by atoms with Crippen LogP contribution in [-0.2, 0) is 4.79 Å². The van der Waals surface area contributed by atoms with Gasteiger partial charge in [-0.15, -0.1) is 0 Å². The molecule has 2 aromatic rings. The molecule has 6 heteroatoms. The van der Waals surface area contributed by atoms with E-state index in [1.54, 1.807) is 24.3 Å². The van der Waals surface area contributed by atoms with Gasteiger partial charge in [0.1, 0.15) is 11.8 Å². The summed E-state index contributed by atoms with van der Waals surface area (Å²) in [5, 5.41) is 3.27. The van der Waals surface area contributed by atoms with Gasteiger partial charge in [0.2, 0.25) is 5.91 Å². The van der Waals surface area contributed by atoms with Gasteiger partial charge in [0.05, 0.1) is 17.2 Å². The molecule has 1 fully saturated rings. The van der Waals surface area contributed by atoms with Crippen LogP contribution in [-0.4, -0.2) is 42.5 Å². The molecule has 1 heterocycles. The van der Waals surface area contributed by atoms with Gasteiger partial charge >= 0.3 is 0 Å². The summed E-state index contributed by atoms with van der Waals surface area (Å²) in [4.78, 5) is 27.6. The molecule has 0 bridgehead atoms. The van der Waals surface area contributed by atoms with E-state index >= 15 is 0 Å². The average molecular weight is 429 g/mol. The standard InChI is InChI=1S/C24H29ClN2O3/c1-17(2)22(26-23(28)20-10-6-7-11-21(20)25)24(29)27-14-12-18(13-15-27)16-30-19-8-4-3-5-9-19/h3-11,17-18,22H,12-16H2,1-2H3,(H,26,28). The average Bonchev–Trinajstić information content (AvgIpc) is 2.76. The lowest BCUT2D eigenvalue weighted by Gasteiger charge is -2.35. The zero-order valence-corrected chi connectivity index (χ0v) is 18.3. The van der Waals surface area contributed by atoms with Crippen LogP contribution in [0.3, 0.4) is 0 Å². The minimum absolute atomic E-state index is 0.0249. The molecule has 3 rings (SSSR count). The number of para-hydroxylation sites is 1. The van der Waals surface area contributed by atoms with Crippen molar-refractivity contribution in [3.8, 4) is 5.75 Å². The first-order chi connectivity index (χ1) is 14.5. The summed E-state index contributed by atoms with van der Waals surface area (Å²) < 4.78 is 5.87. The number of ether oxygens (including phenoxy) is 1. The molecule has 0 radical (unpaired) electrons. The summed E-state index contributed by atoms with van der Waals surface area (Å²) in [5.41, 5.74) is 0.384. The van der Waals surface area contributed by atoms with E-state index < -0.39 is 6.04 Å². The van der Waals surface area contributed by atoms with Crippen LogP contribution < -0.4 is 10.1 Å². The van der Waals surface area contributed by atoms with Crippen LogP contribution in [0.4, 0.5) is 0 Å². The summed E-state index contributed by atoms with van der Waals surface area (Å²) >= 11 is 6.13. The lowest BCUT2D eigenvalue weighted by molar-refractivity contribution is -0.135. The number of carbonyl (C=O) groups excluding carboxylic acids is 2. The first-order valence-electron chi connectivity index (χ1n) is 10.5. The van der Waals surface area contributed by atoms with Crippen LogP contribution in [0.25, 0.3) is 0 Å². The maximum absolute atomic E-state index is 13.1. The zero-order chi connectivity index (χ0) is 21.5. The minimum Gasteiger partial charge on any atom is -0.493 e. The number of halogens is 1. The van der Waals surface area contributed by atoms with Crippen LogP contribution in [0.2, 0.25) is 5.02 Å². The summed E-state index contributed by atoms with van der Waals surface area (Å²) in [6, 6.07) is 16.1. The summed E-state index contributed by atoms with van der Waals surface area (Å²) in [6.45, 7) is 5.88. The van der Waals surface area contributed by atoms with E-state index in [0.29, 0.717) is 36.2 Å². The first-order valence-corrected chi connectivity index (χ1v) is 10.9. The van der Waals surface area contributed by atoms with Crippen molar-refractivity contribution in [3.05, 3.63) is 65.2 Å². The van der Waals surface area contributed by atoms with E-state index in [1.165, 1.54) is 0 Å². The number of amides is 2. The molecule has 5 nitrogen and oxygen atoms in total. The van der Waals surface area contributed by atoms with Crippen molar-refractivity contribution in [1.82, 2.24) is 10.2 Å². The smallest absolute Gasteiger partial charge is 0.253 e. The molecular weight excluding hydrogens is 400 g/mol. The van der Waals surface area contributed by atoms with E-state index in [2.05, 4.69) is 5.32 Å². The number of hydrogen-bond donors (Lipinski definition) is 1. The molecule has 1 N–H and O–H groups in total. The highest BCUT2D eigenvalue weighted by atomic mass is 35.5. The Morgan fingerprint density at radius 1 is 1.07 bits per heavy atom. The zero-order valence-electron chi connectivity index (χ0n) is 17.5. The maximum atomic E-state index is 13.1. The number of likely N-dealkylation sites (tertiary alicyclic amines) is 1. The molecule has 30 heavy (non-hydrogen) atoms. The molecule has 1 unspecified atom stereocenters. The highest BCUT2D eigenvalue weighted by molar-refractivity contribution is 6.33. The molecule has 0 saturated carbocycles. The lowest BCUT2D eigenvalue weighted by Crippen LogP contribution is -2.53. The molecule has 2 amide bonds. The number of nitrogens with one attached hydrogen (secondary N) is 1. The van der Waals surface area contributed by atoms with Crippen molar-refractivity contribution in [2.45, 2.75) is 32.7 Å². The topological polar surface area (TPSA) is 58.6 Å². The second-order valence-corrected chi connectivity index (χ2v) is 8.47. The highest BCUT2D eigenvalue weighted by Crippen LogP contribution is 2.21. The third kappa shape index (κ3) is 5.76. The number of carbonyl (C=O) groups is 2. The fraction of sp³-hybridized carbons (Fsp3) is 0.417. The molecule has 1 aliphatic rings. The van der Waals surface area contributed by atoms with Crippen LogP contribution in [0, 0.1) is 11.8 Å². The first kappa shape index (κ1) is 22.2. The Bertz CT molecular complexity index is 849. The van der Waals surface area contributed by atoms with Crippen molar-refractivity contribution in [2.24, 2.45) is 11.8 Å². The van der Waals surface area contributed by atoms with Crippen molar-refractivity contribution in [1.29, 1.82) is 0 Å². The Balaban J connectivity index is 1.54. The normalized spacial score (nSPS) is 15.7. The molecular formula is C24H29ClN2O3. The summed E-state index contributed by atoms with van der Waals surface area (Å²) in [6.07, 6.45) is 1.78. The van der Waals surface area contributed by atoms with Crippen molar-refractivity contribution in [3.63, 3.8) is 0 Å². The van der Waals surface area contributed by atoms with Gasteiger partial charge in [-0.05, 0) is 48.9 Å². The lowest BCUT2D eigenvalue weighted by atomic mass is 9.95. The van der Waals surface area contributed by atoms with Crippen LogP contribution >= 0.6 is 11.6 Å². The van der Waals surface area contributed by atoms with Gasteiger partial charge in [0.25, 0.3) is 5.91 Å². The number of benzene rings is 2. The second-order valence-electron chi connectivity index (χ2n) is 8.07. The molecule has 0 aliphatic carbocycles. The van der Waals surface area contributed by atoms with E-state index in [4.69, 9.17) is 16.3 Å². The number of rotatable bonds is 7. The molecule has 0 aromatic heterocycles. The van der Waals surface area contributed by atoms with Crippen molar-refractivity contribution < 1.29 is 14.3 Å². The summed E-state index contributed by atoms with van der Waals surface area (Å²) in [5.74, 6) is 0.914. The van der Waals surface area contributed by atoms with E-state index in [-0.39, 0.29) is 17.7 Å². The predicted molar refractivity (Wildman–Crippen MR) is 119 cm³/mol. The molecule has 160 valence electrons. The highest BCUT2D eigenvalue weighted by Gasteiger charge is 2.31. The van der Waals surface area contributed by atoms with Gasteiger partial charge in [-0.3, -0.25) is 9.59 Å². The SMILES string of the molecule is CC(C)C(NC(=O)c1ccccc1Cl)C(=O)N1CCC(COc2ccccc2)CC1. The van der Waals surface area contributed by atoms with Gasteiger partial charge in [0.15, 0.2) is 0 Å². The fourth-order valence-corrected chi connectivity index (χ4v) is 3.85. The maximum Gasteiger partial charge on any atom is 0.253 e. The quantitative estimate of drug-likeness (QED) is 0.710. The monoisotopic (exact) mass is 428 g/mol. The van der Waals surface area contributed by atoms with Crippen LogP contribution in [0.1, 0.15) is 37.0 Å². The van der Waals surface area contributed by atoms with Gasteiger partial charge in [-0.2, -0.15) is 0 Å². The Kier molecular flexibility index (Phi) is 7.75. The molecule has 1 saturated heterocycles. The van der Waals surface area contributed by atoms with Gasteiger partial charge in [-0.1, -0.05) is 55.8 Å². The number of nitrogens with zero attached hydrogens (tertiary/aromatic N) is 1. The van der Waals surface area contributed by atoms with Crippen LogP contribution in [0.15, 0.2) is 54.6 Å².